The molecule has 48 valence electrons. The van der Waals surface area contributed by atoms with E-state index in [2.05, 4.69) is 5.92 Å². The van der Waals surface area contributed by atoms with Crippen LogP contribution in [0.15, 0.2) is 23.4 Å². The quantitative estimate of drug-likeness (QED) is 0.412. The van der Waals surface area contributed by atoms with Crippen LogP contribution in [-0.4, -0.2) is 0 Å². The van der Waals surface area contributed by atoms with Gasteiger partial charge in [-0.2, -0.15) is 0 Å². The van der Waals surface area contributed by atoms with Gasteiger partial charge in [-0.1, -0.05) is 17.6 Å². The van der Waals surface area contributed by atoms with Gasteiger partial charge in [0.05, 0.1) is 5.70 Å². The van der Waals surface area contributed by atoms with Crippen LogP contribution in [0.5, 0.6) is 0 Å². The second kappa shape index (κ2) is 3.80. The smallest absolute Gasteiger partial charge is 0.0824 e. The lowest BCUT2D eigenvalue weighted by molar-refractivity contribution is 1.38. The first-order valence-corrected chi connectivity index (χ1v) is 2.74. The Bertz CT molecular complexity index is 175. The molecule has 0 aromatic carbocycles. The molecule has 2 N–H and O–H groups in total. The zero-order chi connectivity index (χ0) is 7.28. The molecule has 0 spiro atoms. The lowest BCUT2D eigenvalue weighted by Crippen LogP contribution is -1.90. The van der Waals surface area contributed by atoms with Crippen LogP contribution in [0.2, 0.25) is 0 Å². The molecule has 0 saturated carbocycles. The number of hydrogen-bond donors (Lipinski definition) is 1. The summed E-state index contributed by atoms with van der Waals surface area (Å²) >= 11 is 0. The maximum Gasteiger partial charge on any atom is 0.0824 e. The number of nitrogens with two attached hydrogens (primary N) is 1. The lowest BCUT2D eigenvalue weighted by Gasteiger charge is -1.84. The van der Waals surface area contributed by atoms with Gasteiger partial charge < -0.3 is 5.73 Å². The van der Waals surface area contributed by atoms with Crippen LogP contribution in [0.25, 0.3) is 0 Å². The maximum atomic E-state index is 5.30. The standard InChI is InChI=1S/C8H11N/c1-4-8(9)6-5-7(2)3/h1,5-6H,9H2,2-3H3/b8-6+. The van der Waals surface area contributed by atoms with E-state index in [1.165, 1.54) is 5.57 Å². The highest BCUT2D eigenvalue weighted by atomic mass is 14.5. The predicted octanol–water partition coefficient (Wildman–Crippen LogP) is 1.43. The van der Waals surface area contributed by atoms with Crippen molar-refractivity contribution in [1.29, 1.82) is 0 Å². The fraction of sp³-hybridized carbons (Fsp3) is 0.250. The Balaban J connectivity index is 4.03. The normalized spacial score (nSPS) is 10.1. The van der Waals surface area contributed by atoms with Crippen LogP contribution in [0.4, 0.5) is 0 Å². The Kier molecular flexibility index (Phi) is 3.31. The van der Waals surface area contributed by atoms with Gasteiger partial charge >= 0.3 is 0 Å². The van der Waals surface area contributed by atoms with Crippen LogP contribution < -0.4 is 5.73 Å². The van der Waals surface area contributed by atoms with E-state index < -0.39 is 0 Å². The third-order valence-electron chi connectivity index (χ3n) is 0.763. The first-order valence-electron chi connectivity index (χ1n) is 2.74. The van der Waals surface area contributed by atoms with Crippen molar-refractivity contribution in [3.8, 4) is 12.3 Å². The zero-order valence-electron chi connectivity index (χ0n) is 5.81. The van der Waals surface area contributed by atoms with Crippen molar-refractivity contribution in [3.63, 3.8) is 0 Å². The summed E-state index contributed by atoms with van der Waals surface area (Å²) in [6.07, 6.45) is 8.59. The van der Waals surface area contributed by atoms with Crippen LogP contribution >= 0.6 is 0 Å². The highest BCUT2D eigenvalue weighted by Crippen LogP contribution is 1.90. The monoisotopic (exact) mass is 121 g/mol. The molecule has 0 aromatic rings. The molecule has 0 amide bonds. The van der Waals surface area contributed by atoms with E-state index in [1.54, 1.807) is 6.08 Å². The van der Waals surface area contributed by atoms with E-state index in [0.29, 0.717) is 5.70 Å². The summed E-state index contributed by atoms with van der Waals surface area (Å²) in [6, 6.07) is 0. The summed E-state index contributed by atoms with van der Waals surface area (Å²) in [4.78, 5) is 0. The molecule has 0 bridgehead atoms. The highest BCUT2D eigenvalue weighted by molar-refractivity contribution is 5.26. The largest absolute Gasteiger partial charge is 0.392 e. The van der Waals surface area contributed by atoms with Gasteiger partial charge in [0.15, 0.2) is 0 Å². The van der Waals surface area contributed by atoms with Gasteiger partial charge in [0.1, 0.15) is 0 Å². The van der Waals surface area contributed by atoms with Gasteiger partial charge in [-0.15, -0.1) is 6.42 Å². The molecule has 0 radical (unpaired) electrons. The van der Waals surface area contributed by atoms with E-state index in [0.717, 1.165) is 0 Å². The molecule has 0 rings (SSSR count). The topological polar surface area (TPSA) is 26.0 Å². The van der Waals surface area contributed by atoms with Crippen molar-refractivity contribution in [3.05, 3.63) is 23.4 Å². The predicted molar refractivity (Wildman–Crippen MR) is 40.5 cm³/mol. The summed E-state index contributed by atoms with van der Waals surface area (Å²) in [6.45, 7) is 3.97. The molecule has 0 saturated heterocycles. The average Bonchev–Trinajstić information content (AvgIpc) is 1.83. The van der Waals surface area contributed by atoms with Gasteiger partial charge in [0.25, 0.3) is 0 Å². The third-order valence-corrected chi connectivity index (χ3v) is 0.763. The Morgan fingerprint density at radius 3 is 2.33 bits per heavy atom. The van der Waals surface area contributed by atoms with Gasteiger partial charge in [-0.3, -0.25) is 0 Å². The molecule has 0 aliphatic carbocycles. The van der Waals surface area contributed by atoms with Crippen molar-refractivity contribution in [2.45, 2.75) is 13.8 Å². The van der Waals surface area contributed by atoms with Crippen molar-refractivity contribution in [2.75, 3.05) is 0 Å². The highest BCUT2D eigenvalue weighted by Gasteiger charge is 1.75. The van der Waals surface area contributed by atoms with Crippen molar-refractivity contribution in [1.82, 2.24) is 0 Å². The lowest BCUT2D eigenvalue weighted by atomic mass is 10.3. The summed E-state index contributed by atoms with van der Waals surface area (Å²) in [7, 11) is 0. The fourth-order valence-corrected chi connectivity index (χ4v) is 0.305. The van der Waals surface area contributed by atoms with E-state index >= 15 is 0 Å². The molecule has 0 aliphatic rings. The molecule has 0 fully saturated rings. The van der Waals surface area contributed by atoms with Crippen LogP contribution in [0.3, 0.4) is 0 Å². The molecule has 1 heteroatoms. The van der Waals surface area contributed by atoms with Crippen LogP contribution in [0.1, 0.15) is 13.8 Å². The number of hydrogen-bond acceptors (Lipinski definition) is 1. The second-order valence-corrected chi connectivity index (χ2v) is 2.01. The minimum Gasteiger partial charge on any atom is -0.392 e. The molecule has 1 nitrogen and oxygen atoms in total. The molecule has 0 aliphatic heterocycles. The minimum absolute atomic E-state index is 0.469. The van der Waals surface area contributed by atoms with Crippen molar-refractivity contribution in [2.24, 2.45) is 5.73 Å². The summed E-state index contributed by atoms with van der Waals surface area (Å²) < 4.78 is 0. The maximum absolute atomic E-state index is 5.30. The van der Waals surface area contributed by atoms with Gasteiger partial charge in [0, 0.05) is 0 Å². The molecule has 0 unspecified atom stereocenters. The van der Waals surface area contributed by atoms with Crippen LogP contribution in [-0.2, 0) is 0 Å². The van der Waals surface area contributed by atoms with Crippen molar-refractivity contribution < 1.29 is 0 Å². The van der Waals surface area contributed by atoms with E-state index in [-0.39, 0.29) is 0 Å². The van der Waals surface area contributed by atoms with Crippen LogP contribution in [0, 0.1) is 12.3 Å². The first kappa shape index (κ1) is 7.84. The molecule has 0 aromatic heterocycles. The van der Waals surface area contributed by atoms with Gasteiger partial charge in [-0.25, -0.2) is 0 Å². The number of terminal acetylenes is 1. The van der Waals surface area contributed by atoms with E-state index in [1.807, 2.05) is 19.9 Å². The van der Waals surface area contributed by atoms with Gasteiger partial charge in [-0.05, 0) is 19.9 Å². The van der Waals surface area contributed by atoms with E-state index in [9.17, 15) is 0 Å². The number of rotatable bonds is 1. The summed E-state index contributed by atoms with van der Waals surface area (Å²) in [5.41, 5.74) is 6.96. The number of allylic oxidation sites excluding steroid dienone is 4. The Morgan fingerprint density at radius 2 is 2.00 bits per heavy atom. The minimum atomic E-state index is 0.469. The molecule has 0 heterocycles. The molecule has 0 atom stereocenters. The summed E-state index contributed by atoms with van der Waals surface area (Å²) in [5, 5.41) is 0. The van der Waals surface area contributed by atoms with Crippen molar-refractivity contribution >= 4 is 0 Å². The molecular formula is C8H11N. The Labute approximate surface area is 56.3 Å². The third kappa shape index (κ3) is 4.70. The summed E-state index contributed by atoms with van der Waals surface area (Å²) in [5.74, 6) is 2.31. The fourth-order valence-electron chi connectivity index (χ4n) is 0.305. The second-order valence-electron chi connectivity index (χ2n) is 2.01. The average molecular weight is 121 g/mol. The Hall–Kier alpha value is -1.16. The first-order chi connectivity index (χ1) is 4.16. The Morgan fingerprint density at radius 1 is 1.44 bits per heavy atom. The zero-order valence-corrected chi connectivity index (χ0v) is 5.81. The van der Waals surface area contributed by atoms with E-state index in [4.69, 9.17) is 12.2 Å². The molecule has 9 heavy (non-hydrogen) atoms. The van der Waals surface area contributed by atoms with Gasteiger partial charge in [0.2, 0.25) is 0 Å². The SMILES string of the molecule is C#C/C(N)=C\C=C(C)C. The molecular weight excluding hydrogens is 110 g/mol.